The highest BCUT2D eigenvalue weighted by Gasteiger charge is 2.11. The molecule has 1 aromatic heterocycles. The van der Waals surface area contributed by atoms with Gasteiger partial charge < -0.3 is 36.5 Å². The third-order valence-electron chi connectivity index (χ3n) is 5.34. The molecule has 0 aliphatic rings. The van der Waals surface area contributed by atoms with E-state index in [0.717, 1.165) is 37.9 Å². The molecule has 6 N–H and O–H groups in total. The van der Waals surface area contributed by atoms with Crippen molar-refractivity contribution in [3.8, 4) is 0 Å². The molecule has 2 rings (SSSR count). The molecule has 1 amide bonds. The summed E-state index contributed by atoms with van der Waals surface area (Å²) in [7, 11) is 0. The molecule has 11 heteroatoms. The van der Waals surface area contributed by atoms with Gasteiger partial charge in [0.2, 0.25) is 17.8 Å². The van der Waals surface area contributed by atoms with Crippen molar-refractivity contribution in [2.75, 3.05) is 62.0 Å². The lowest BCUT2D eigenvalue weighted by molar-refractivity contribution is 0.0511. The van der Waals surface area contributed by atoms with Crippen LogP contribution in [0, 0.1) is 0 Å². The highest BCUT2D eigenvalue weighted by molar-refractivity contribution is 5.94. The number of aromatic nitrogens is 3. The average Bonchev–Trinajstić information content (AvgIpc) is 2.89. The fourth-order valence-corrected chi connectivity index (χ4v) is 3.21. The van der Waals surface area contributed by atoms with E-state index in [2.05, 4.69) is 57.0 Å². The Hall–Kier alpha value is -3.02. The lowest BCUT2D eigenvalue weighted by atomic mass is 10.2. The van der Waals surface area contributed by atoms with Crippen LogP contribution in [0.5, 0.6) is 0 Å². The number of hydrogen-bond acceptors (Lipinski definition) is 10. The van der Waals surface area contributed by atoms with Gasteiger partial charge in [0.1, 0.15) is 0 Å². The molecule has 36 heavy (non-hydrogen) atoms. The van der Waals surface area contributed by atoms with Gasteiger partial charge in [0.15, 0.2) is 0 Å². The second-order valence-electron chi connectivity index (χ2n) is 8.22. The molecule has 11 nitrogen and oxygen atoms in total. The van der Waals surface area contributed by atoms with Crippen LogP contribution in [-0.4, -0.2) is 73.0 Å². The lowest BCUT2D eigenvalue weighted by Crippen LogP contribution is -2.27. The van der Waals surface area contributed by atoms with Gasteiger partial charge in [-0.25, -0.2) is 0 Å². The molecule has 0 aliphatic carbocycles. The number of carbonyl (C=O) groups is 1. The number of amides is 1. The number of unbranched alkanes of at least 4 members (excludes halogenated alkanes) is 1. The van der Waals surface area contributed by atoms with Gasteiger partial charge in [0.05, 0.1) is 26.4 Å². The molecule has 0 fully saturated rings. The fourth-order valence-electron chi connectivity index (χ4n) is 3.21. The summed E-state index contributed by atoms with van der Waals surface area (Å²) in [5, 5.41) is 12.7. The van der Waals surface area contributed by atoms with Gasteiger partial charge in [-0.3, -0.25) is 4.79 Å². The van der Waals surface area contributed by atoms with E-state index in [0.29, 0.717) is 62.9 Å². The van der Waals surface area contributed by atoms with Crippen molar-refractivity contribution < 1.29 is 14.3 Å². The molecule has 0 bridgehead atoms. The van der Waals surface area contributed by atoms with Gasteiger partial charge in [-0.05, 0) is 43.5 Å². The predicted octanol–water partition coefficient (Wildman–Crippen LogP) is 3.15. The minimum atomic E-state index is -0.163. The van der Waals surface area contributed by atoms with Gasteiger partial charge in [0, 0.05) is 36.9 Å². The molecule has 0 aliphatic heterocycles. The molecule has 1 heterocycles. The molecule has 0 unspecified atom stereocenters. The summed E-state index contributed by atoms with van der Waals surface area (Å²) >= 11 is 0. The number of hydrogen-bond donors (Lipinski definition) is 5. The quantitative estimate of drug-likeness (QED) is 0.181. The Morgan fingerprint density at radius 2 is 1.56 bits per heavy atom. The van der Waals surface area contributed by atoms with Crippen molar-refractivity contribution in [1.82, 2.24) is 20.3 Å². The van der Waals surface area contributed by atoms with E-state index in [-0.39, 0.29) is 11.9 Å². The second-order valence-corrected chi connectivity index (χ2v) is 8.22. The van der Waals surface area contributed by atoms with Gasteiger partial charge in [-0.2, -0.15) is 15.0 Å². The van der Waals surface area contributed by atoms with Crippen molar-refractivity contribution >= 4 is 29.4 Å². The van der Waals surface area contributed by atoms with Crippen molar-refractivity contribution in [3.05, 3.63) is 29.8 Å². The summed E-state index contributed by atoms with van der Waals surface area (Å²) < 4.78 is 10.7. The Kier molecular flexibility index (Phi) is 14.1. The molecule has 200 valence electrons. The van der Waals surface area contributed by atoms with Gasteiger partial charge in [-0.1, -0.05) is 27.2 Å². The van der Waals surface area contributed by atoms with Crippen LogP contribution in [0.2, 0.25) is 0 Å². The first-order valence-corrected chi connectivity index (χ1v) is 12.9. The van der Waals surface area contributed by atoms with Crippen LogP contribution in [-0.2, 0) is 9.47 Å². The van der Waals surface area contributed by atoms with Crippen molar-refractivity contribution in [2.45, 2.75) is 52.5 Å². The normalized spacial score (nSPS) is 10.9. The maximum atomic E-state index is 12.4. The first-order chi connectivity index (χ1) is 17.6. The average molecular weight is 503 g/mol. The Morgan fingerprint density at radius 3 is 2.22 bits per heavy atom. The highest BCUT2D eigenvalue weighted by atomic mass is 16.5. The fraction of sp³-hybridized carbons (Fsp3) is 0.600. The number of nitrogens with two attached hydrogens (primary N) is 1. The van der Waals surface area contributed by atoms with Crippen molar-refractivity contribution in [2.24, 2.45) is 5.73 Å². The van der Waals surface area contributed by atoms with E-state index in [9.17, 15) is 4.79 Å². The van der Waals surface area contributed by atoms with Crippen molar-refractivity contribution in [1.29, 1.82) is 0 Å². The first-order valence-electron chi connectivity index (χ1n) is 12.9. The maximum Gasteiger partial charge on any atom is 0.251 e. The van der Waals surface area contributed by atoms with E-state index in [1.807, 2.05) is 12.1 Å². The van der Waals surface area contributed by atoms with Crippen LogP contribution in [0.3, 0.4) is 0 Å². The number of rotatable bonds is 19. The Morgan fingerprint density at radius 1 is 0.889 bits per heavy atom. The molecule has 0 atom stereocenters. The Bertz CT molecular complexity index is 878. The zero-order valence-corrected chi connectivity index (χ0v) is 21.8. The molecule has 0 radical (unpaired) electrons. The molecule has 0 saturated carbocycles. The van der Waals surface area contributed by atoms with Gasteiger partial charge in [-0.15, -0.1) is 0 Å². The van der Waals surface area contributed by atoms with Gasteiger partial charge >= 0.3 is 0 Å². The largest absolute Gasteiger partial charge is 0.378 e. The number of nitrogens with zero attached hydrogens (tertiary/aromatic N) is 3. The highest BCUT2D eigenvalue weighted by Crippen LogP contribution is 2.18. The zero-order chi connectivity index (χ0) is 26.0. The van der Waals surface area contributed by atoms with Crippen LogP contribution in [0.15, 0.2) is 24.3 Å². The molecule has 0 saturated heterocycles. The number of carbonyl (C=O) groups excluding carboxylic acids is 1. The van der Waals surface area contributed by atoms with Gasteiger partial charge in [0.25, 0.3) is 5.91 Å². The second kappa shape index (κ2) is 17.4. The predicted molar refractivity (Wildman–Crippen MR) is 144 cm³/mol. The van der Waals surface area contributed by atoms with Crippen LogP contribution >= 0.6 is 0 Å². The Labute approximate surface area is 214 Å². The third-order valence-corrected chi connectivity index (χ3v) is 5.34. The third kappa shape index (κ3) is 11.1. The lowest BCUT2D eigenvalue weighted by Gasteiger charge is -2.16. The smallest absolute Gasteiger partial charge is 0.251 e. The van der Waals surface area contributed by atoms with Crippen LogP contribution in [0.1, 0.15) is 56.8 Å². The standard InChI is InChI=1S/C25H42N8O3/c1-4-7-13-28-23-31-24(29-20(5-2)6-3)33-25(32-23)30-21-10-8-19(9-11-21)22(34)27-14-16-36-18-17-35-15-12-26/h8-11,20H,4-7,12-18,26H2,1-3H3,(H,27,34)(H3,28,29,30,31,32,33). The summed E-state index contributed by atoms with van der Waals surface area (Å²) in [6.45, 7) is 10.0. The number of nitrogens with one attached hydrogen (secondary N) is 4. The van der Waals surface area contributed by atoms with E-state index in [1.54, 1.807) is 12.1 Å². The zero-order valence-electron chi connectivity index (χ0n) is 21.8. The molecular formula is C25H42N8O3. The SMILES string of the molecule is CCCCNc1nc(Nc2ccc(C(=O)NCCOCCOCCN)cc2)nc(NC(CC)CC)n1. The van der Waals surface area contributed by atoms with Crippen LogP contribution < -0.4 is 27.0 Å². The van der Waals surface area contributed by atoms with Crippen molar-refractivity contribution in [3.63, 3.8) is 0 Å². The summed E-state index contributed by atoms with van der Waals surface area (Å²) in [5.74, 6) is 1.33. The van der Waals surface area contributed by atoms with E-state index < -0.39 is 0 Å². The molecule has 0 spiro atoms. The summed E-state index contributed by atoms with van der Waals surface area (Å²) in [6, 6.07) is 7.44. The summed E-state index contributed by atoms with van der Waals surface area (Å²) in [4.78, 5) is 26.0. The van der Waals surface area contributed by atoms with E-state index >= 15 is 0 Å². The summed E-state index contributed by atoms with van der Waals surface area (Å²) in [6.07, 6.45) is 4.06. The monoisotopic (exact) mass is 502 g/mol. The molecular weight excluding hydrogens is 460 g/mol. The van der Waals surface area contributed by atoms with E-state index in [1.165, 1.54) is 0 Å². The minimum Gasteiger partial charge on any atom is -0.378 e. The number of benzene rings is 1. The topological polar surface area (TPSA) is 148 Å². The molecule has 2 aromatic rings. The maximum absolute atomic E-state index is 12.4. The van der Waals surface area contributed by atoms with E-state index in [4.69, 9.17) is 15.2 Å². The van der Waals surface area contributed by atoms with Crippen LogP contribution in [0.25, 0.3) is 0 Å². The first kappa shape index (κ1) is 29.2. The number of anilines is 4. The molecule has 1 aromatic carbocycles. The number of ether oxygens (including phenoxy) is 2. The summed E-state index contributed by atoms with van der Waals surface area (Å²) in [5.41, 5.74) is 6.68. The Balaban J connectivity index is 1.92. The van der Waals surface area contributed by atoms with Crippen LogP contribution in [0.4, 0.5) is 23.5 Å². The minimum absolute atomic E-state index is 0.163.